The molecule has 5 heteroatoms. The molecule has 1 fully saturated rings. The SMILES string of the molecule is C[C@@H]1CN(Cc2c(Cl)oc3ccccc23)CCN1.Cl. The lowest BCUT2D eigenvalue weighted by Gasteiger charge is -2.31. The Morgan fingerprint density at radius 1 is 1.42 bits per heavy atom. The van der Waals surface area contributed by atoms with Crippen LogP contribution >= 0.6 is 24.0 Å². The Bertz CT molecular complexity index is 555. The summed E-state index contributed by atoms with van der Waals surface area (Å²) in [4.78, 5) is 2.42. The van der Waals surface area contributed by atoms with Crippen LogP contribution in [-0.4, -0.2) is 30.6 Å². The fourth-order valence-corrected chi connectivity index (χ4v) is 2.84. The molecule has 1 aliphatic rings. The summed E-state index contributed by atoms with van der Waals surface area (Å²) in [5, 5.41) is 5.11. The molecule has 0 saturated carbocycles. The Morgan fingerprint density at radius 3 is 3.00 bits per heavy atom. The highest BCUT2D eigenvalue weighted by atomic mass is 35.5. The summed E-state index contributed by atoms with van der Waals surface area (Å²) in [5.41, 5.74) is 1.99. The maximum atomic E-state index is 6.21. The van der Waals surface area contributed by atoms with E-state index in [0.29, 0.717) is 11.3 Å². The van der Waals surface area contributed by atoms with Crippen LogP contribution < -0.4 is 5.32 Å². The first-order valence-corrected chi connectivity index (χ1v) is 6.73. The lowest BCUT2D eigenvalue weighted by atomic mass is 10.1. The molecule has 2 aromatic rings. The molecule has 2 heterocycles. The zero-order chi connectivity index (χ0) is 12.5. The van der Waals surface area contributed by atoms with Gasteiger partial charge in [-0.1, -0.05) is 18.2 Å². The molecule has 1 atom stereocenters. The van der Waals surface area contributed by atoms with Gasteiger partial charge in [0.15, 0.2) is 5.22 Å². The first-order chi connectivity index (χ1) is 8.74. The topological polar surface area (TPSA) is 28.4 Å². The zero-order valence-corrected chi connectivity index (χ0v) is 12.4. The zero-order valence-electron chi connectivity index (χ0n) is 10.9. The number of hydrogen-bond donors (Lipinski definition) is 1. The van der Waals surface area contributed by atoms with Gasteiger partial charge in [-0.2, -0.15) is 0 Å². The number of halogens is 2. The normalized spacial score (nSPS) is 20.4. The van der Waals surface area contributed by atoms with Gasteiger partial charge in [0.25, 0.3) is 0 Å². The van der Waals surface area contributed by atoms with E-state index in [4.69, 9.17) is 16.0 Å². The maximum absolute atomic E-state index is 6.21. The average Bonchev–Trinajstić information content (AvgIpc) is 2.66. The number of rotatable bonds is 2. The van der Waals surface area contributed by atoms with Gasteiger partial charge in [-0.05, 0) is 24.6 Å². The fourth-order valence-electron chi connectivity index (χ4n) is 2.60. The number of para-hydroxylation sites is 1. The molecule has 1 aromatic carbocycles. The van der Waals surface area contributed by atoms with Crippen LogP contribution in [0.1, 0.15) is 12.5 Å². The molecule has 0 aliphatic carbocycles. The van der Waals surface area contributed by atoms with Crippen LogP contribution in [0.4, 0.5) is 0 Å². The summed E-state index contributed by atoms with van der Waals surface area (Å²) >= 11 is 6.21. The molecule has 3 rings (SSSR count). The van der Waals surface area contributed by atoms with Crippen molar-refractivity contribution in [1.29, 1.82) is 0 Å². The van der Waals surface area contributed by atoms with Crippen LogP contribution in [0, 0.1) is 0 Å². The lowest BCUT2D eigenvalue weighted by Crippen LogP contribution is -2.48. The monoisotopic (exact) mass is 300 g/mol. The molecule has 1 aliphatic heterocycles. The summed E-state index contributed by atoms with van der Waals surface area (Å²) in [6, 6.07) is 8.57. The van der Waals surface area contributed by atoms with Gasteiger partial charge in [0.05, 0.1) is 0 Å². The largest absolute Gasteiger partial charge is 0.444 e. The van der Waals surface area contributed by atoms with E-state index >= 15 is 0 Å². The van der Waals surface area contributed by atoms with Crippen LogP contribution in [-0.2, 0) is 6.54 Å². The van der Waals surface area contributed by atoms with E-state index in [9.17, 15) is 0 Å². The summed E-state index contributed by atoms with van der Waals surface area (Å²) in [6.45, 7) is 6.22. The molecule has 1 aromatic heterocycles. The van der Waals surface area contributed by atoms with Gasteiger partial charge in [-0.15, -0.1) is 12.4 Å². The van der Waals surface area contributed by atoms with Crippen LogP contribution in [0.2, 0.25) is 5.22 Å². The van der Waals surface area contributed by atoms with Gasteiger partial charge >= 0.3 is 0 Å². The van der Waals surface area contributed by atoms with Gasteiger partial charge in [-0.3, -0.25) is 4.90 Å². The Labute approximate surface area is 124 Å². The van der Waals surface area contributed by atoms with E-state index in [1.165, 1.54) is 0 Å². The van der Waals surface area contributed by atoms with E-state index in [2.05, 4.69) is 23.2 Å². The molecular formula is C14H18Cl2N2O. The summed E-state index contributed by atoms with van der Waals surface area (Å²) < 4.78 is 5.59. The van der Waals surface area contributed by atoms with Crippen molar-refractivity contribution < 1.29 is 4.42 Å². The molecule has 0 unspecified atom stereocenters. The molecule has 1 saturated heterocycles. The third-order valence-corrected chi connectivity index (χ3v) is 3.79. The molecular weight excluding hydrogens is 283 g/mol. The molecule has 0 radical (unpaired) electrons. The van der Waals surface area contributed by atoms with E-state index in [1.807, 2.05) is 18.2 Å². The van der Waals surface area contributed by atoms with Gasteiger partial charge in [0.2, 0.25) is 0 Å². The van der Waals surface area contributed by atoms with Crippen LogP contribution in [0.3, 0.4) is 0 Å². The first-order valence-electron chi connectivity index (χ1n) is 6.35. The van der Waals surface area contributed by atoms with Crippen molar-refractivity contribution in [1.82, 2.24) is 10.2 Å². The Balaban J connectivity index is 0.00000133. The van der Waals surface area contributed by atoms with Gasteiger partial charge in [0.1, 0.15) is 5.58 Å². The smallest absolute Gasteiger partial charge is 0.199 e. The number of piperazine rings is 1. The summed E-state index contributed by atoms with van der Waals surface area (Å²) in [7, 11) is 0. The Morgan fingerprint density at radius 2 is 2.21 bits per heavy atom. The minimum Gasteiger partial charge on any atom is -0.444 e. The van der Waals surface area contributed by atoms with Crippen LogP contribution in [0.15, 0.2) is 28.7 Å². The molecule has 0 bridgehead atoms. The van der Waals surface area contributed by atoms with Gasteiger partial charge in [0, 0.05) is 43.2 Å². The van der Waals surface area contributed by atoms with E-state index in [0.717, 1.165) is 42.7 Å². The number of fused-ring (bicyclic) bond motifs is 1. The van der Waals surface area contributed by atoms with E-state index in [-0.39, 0.29) is 12.4 Å². The highest BCUT2D eigenvalue weighted by molar-refractivity contribution is 6.30. The lowest BCUT2D eigenvalue weighted by molar-refractivity contribution is 0.200. The first kappa shape index (κ1) is 14.7. The Hall–Kier alpha value is -0.740. The summed E-state index contributed by atoms with van der Waals surface area (Å²) in [6.07, 6.45) is 0. The highest BCUT2D eigenvalue weighted by Gasteiger charge is 2.19. The fraction of sp³-hybridized carbons (Fsp3) is 0.429. The van der Waals surface area contributed by atoms with Gasteiger partial charge in [-0.25, -0.2) is 0 Å². The highest BCUT2D eigenvalue weighted by Crippen LogP contribution is 2.30. The quantitative estimate of drug-likeness (QED) is 0.922. The predicted octanol–water partition coefficient (Wildman–Crippen LogP) is 3.30. The Kier molecular flexibility index (Phi) is 4.74. The minimum atomic E-state index is 0. The van der Waals surface area contributed by atoms with Gasteiger partial charge < -0.3 is 9.73 Å². The third-order valence-electron chi connectivity index (χ3n) is 3.48. The van der Waals surface area contributed by atoms with Crippen molar-refractivity contribution in [2.24, 2.45) is 0 Å². The van der Waals surface area contributed by atoms with Crippen molar-refractivity contribution in [3.8, 4) is 0 Å². The van der Waals surface area contributed by atoms with Crippen LogP contribution in [0.25, 0.3) is 11.0 Å². The number of furan rings is 1. The summed E-state index contributed by atoms with van der Waals surface area (Å²) in [5.74, 6) is 0. The van der Waals surface area contributed by atoms with E-state index in [1.54, 1.807) is 0 Å². The second-order valence-corrected chi connectivity index (χ2v) is 5.28. The van der Waals surface area contributed by atoms with Crippen molar-refractivity contribution in [3.63, 3.8) is 0 Å². The van der Waals surface area contributed by atoms with Crippen molar-refractivity contribution >= 4 is 35.0 Å². The molecule has 19 heavy (non-hydrogen) atoms. The van der Waals surface area contributed by atoms with Crippen molar-refractivity contribution in [3.05, 3.63) is 35.0 Å². The van der Waals surface area contributed by atoms with E-state index < -0.39 is 0 Å². The van der Waals surface area contributed by atoms with Crippen molar-refractivity contribution in [2.45, 2.75) is 19.5 Å². The third kappa shape index (κ3) is 3.06. The number of nitrogens with one attached hydrogen (secondary N) is 1. The molecule has 1 N–H and O–H groups in total. The maximum Gasteiger partial charge on any atom is 0.199 e. The average molecular weight is 301 g/mol. The molecule has 104 valence electrons. The second kappa shape index (κ2) is 6.14. The van der Waals surface area contributed by atoms with Crippen LogP contribution in [0.5, 0.6) is 0 Å². The number of nitrogens with zero attached hydrogens (tertiary/aromatic N) is 1. The second-order valence-electron chi connectivity index (χ2n) is 4.94. The molecule has 3 nitrogen and oxygen atoms in total. The standard InChI is InChI=1S/C14H17ClN2O.ClH/c1-10-8-17(7-6-16-10)9-12-11-4-2-3-5-13(11)18-14(12)15;/h2-5,10,16H,6-9H2,1H3;1H/t10-;/m1./s1. The minimum absolute atomic E-state index is 0. The molecule has 0 amide bonds. The predicted molar refractivity (Wildman–Crippen MR) is 81.2 cm³/mol. The number of benzene rings is 1. The molecule has 0 spiro atoms. The number of hydrogen-bond acceptors (Lipinski definition) is 3. The van der Waals surface area contributed by atoms with Crippen molar-refractivity contribution in [2.75, 3.05) is 19.6 Å².